The molecule has 0 bridgehead atoms. The standard InChI is InChI=1S/C17H27N3O.CH2O2/c1-5-7-11-20(15(3)6-2)17(21)14-19(4)13-16-9-8-10-18-12-16;2-1-3/h5,7-10,12,15H,6,11,13-14H2,1-4H3;1H,(H,2,3)/b7-5+;. The Morgan fingerprint density at radius 3 is 2.62 bits per heavy atom. The summed E-state index contributed by atoms with van der Waals surface area (Å²) in [5, 5.41) is 6.89. The fourth-order valence-corrected chi connectivity index (χ4v) is 2.15. The zero-order chi connectivity index (χ0) is 18.4. The van der Waals surface area contributed by atoms with Crippen LogP contribution in [0.2, 0.25) is 0 Å². The summed E-state index contributed by atoms with van der Waals surface area (Å²) in [6.45, 7) is 7.79. The molecule has 1 unspecified atom stereocenters. The van der Waals surface area contributed by atoms with Crippen LogP contribution in [0.3, 0.4) is 0 Å². The van der Waals surface area contributed by atoms with Crippen molar-refractivity contribution >= 4 is 12.4 Å². The molecule has 0 aromatic carbocycles. The topological polar surface area (TPSA) is 73.7 Å². The molecule has 0 aliphatic heterocycles. The highest BCUT2D eigenvalue weighted by atomic mass is 16.3. The van der Waals surface area contributed by atoms with Gasteiger partial charge in [0.15, 0.2) is 0 Å². The van der Waals surface area contributed by atoms with Crippen LogP contribution in [0.25, 0.3) is 0 Å². The minimum atomic E-state index is -0.250. The molecule has 24 heavy (non-hydrogen) atoms. The number of carboxylic acid groups (broad SMARTS) is 1. The molecule has 6 nitrogen and oxygen atoms in total. The Bertz CT molecular complexity index is 492. The van der Waals surface area contributed by atoms with E-state index in [2.05, 4.69) is 18.8 Å². The van der Waals surface area contributed by atoms with Crippen LogP contribution in [-0.2, 0) is 16.1 Å². The minimum absolute atomic E-state index is 0.175. The molecular formula is C18H29N3O3. The summed E-state index contributed by atoms with van der Waals surface area (Å²) >= 11 is 0. The molecule has 0 aliphatic rings. The summed E-state index contributed by atoms with van der Waals surface area (Å²) in [5.41, 5.74) is 1.12. The maximum atomic E-state index is 12.5. The minimum Gasteiger partial charge on any atom is -0.483 e. The second kappa shape index (κ2) is 13.2. The van der Waals surface area contributed by atoms with Crippen LogP contribution in [0.1, 0.15) is 32.8 Å². The van der Waals surface area contributed by atoms with E-state index in [0.29, 0.717) is 13.1 Å². The van der Waals surface area contributed by atoms with E-state index in [-0.39, 0.29) is 18.4 Å². The Kier molecular flexibility index (Phi) is 12.0. The van der Waals surface area contributed by atoms with E-state index in [1.807, 2.05) is 54.3 Å². The molecule has 1 heterocycles. The molecular weight excluding hydrogens is 306 g/mol. The van der Waals surface area contributed by atoms with Gasteiger partial charge in [-0.3, -0.25) is 19.5 Å². The predicted molar refractivity (Wildman–Crippen MR) is 95.5 cm³/mol. The number of hydrogen-bond acceptors (Lipinski definition) is 4. The molecule has 1 aromatic rings. The molecule has 0 saturated carbocycles. The van der Waals surface area contributed by atoms with E-state index in [0.717, 1.165) is 18.5 Å². The maximum absolute atomic E-state index is 12.5. The lowest BCUT2D eigenvalue weighted by Gasteiger charge is -2.29. The Morgan fingerprint density at radius 1 is 1.46 bits per heavy atom. The lowest BCUT2D eigenvalue weighted by atomic mass is 10.2. The Hall–Kier alpha value is -2.21. The van der Waals surface area contributed by atoms with Crippen molar-refractivity contribution < 1.29 is 14.7 Å². The van der Waals surface area contributed by atoms with Gasteiger partial charge in [0.05, 0.1) is 6.54 Å². The van der Waals surface area contributed by atoms with E-state index in [9.17, 15) is 4.79 Å². The van der Waals surface area contributed by atoms with Crippen LogP contribution >= 0.6 is 0 Å². The van der Waals surface area contributed by atoms with Crippen LogP contribution in [0, 0.1) is 0 Å². The average Bonchev–Trinajstić information content (AvgIpc) is 2.56. The number of allylic oxidation sites excluding steroid dienone is 1. The summed E-state index contributed by atoms with van der Waals surface area (Å²) in [4.78, 5) is 28.9. The number of nitrogens with zero attached hydrogens (tertiary/aromatic N) is 3. The third-order valence-electron chi connectivity index (χ3n) is 3.56. The van der Waals surface area contributed by atoms with Crippen LogP contribution < -0.4 is 0 Å². The third-order valence-corrected chi connectivity index (χ3v) is 3.56. The first-order chi connectivity index (χ1) is 11.5. The summed E-state index contributed by atoms with van der Waals surface area (Å²) in [7, 11) is 1.97. The highest BCUT2D eigenvalue weighted by Crippen LogP contribution is 2.07. The van der Waals surface area contributed by atoms with Crippen LogP contribution in [0.15, 0.2) is 36.7 Å². The van der Waals surface area contributed by atoms with E-state index < -0.39 is 0 Å². The van der Waals surface area contributed by atoms with E-state index >= 15 is 0 Å². The SMILES string of the molecule is C/C=C/CN(C(=O)CN(C)Cc1cccnc1)C(C)CC.O=CO. The normalized spacial score (nSPS) is 11.7. The first-order valence-electron chi connectivity index (χ1n) is 8.05. The van der Waals surface area contributed by atoms with E-state index in [4.69, 9.17) is 9.90 Å². The number of pyridine rings is 1. The van der Waals surface area contributed by atoms with Gasteiger partial charge in [0.2, 0.25) is 5.91 Å². The Morgan fingerprint density at radius 2 is 2.12 bits per heavy atom. The van der Waals surface area contributed by atoms with Gasteiger partial charge < -0.3 is 10.0 Å². The zero-order valence-electron chi connectivity index (χ0n) is 15.1. The van der Waals surface area contributed by atoms with Crippen LogP contribution in [0.4, 0.5) is 0 Å². The molecule has 1 N–H and O–H groups in total. The largest absolute Gasteiger partial charge is 0.483 e. The van der Waals surface area contributed by atoms with Crippen molar-refractivity contribution in [2.45, 2.75) is 39.8 Å². The number of amides is 1. The monoisotopic (exact) mass is 335 g/mol. The van der Waals surface area contributed by atoms with Gasteiger partial charge in [0, 0.05) is 31.5 Å². The van der Waals surface area contributed by atoms with Gasteiger partial charge in [0.1, 0.15) is 0 Å². The van der Waals surface area contributed by atoms with Gasteiger partial charge in [-0.15, -0.1) is 0 Å². The van der Waals surface area contributed by atoms with Crippen LogP contribution in [0.5, 0.6) is 0 Å². The quantitative estimate of drug-likeness (QED) is 0.583. The molecule has 0 radical (unpaired) electrons. The highest BCUT2D eigenvalue weighted by Gasteiger charge is 2.18. The zero-order valence-corrected chi connectivity index (χ0v) is 15.1. The van der Waals surface area contributed by atoms with Crippen molar-refractivity contribution in [3.8, 4) is 0 Å². The third kappa shape index (κ3) is 9.05. The predicted octanol–water partition coefficient (Wildman–Crippen LogP) is 2.42. The highest BCUT2D eigenvalue weighted by molar-refractivity contribution is 5.78. The van der Waals surface area contributed by atoms with Crippen molar-refractivity contribution in [2.24, 2.45) is 0 Å². The van der Waals surface area contributed by atoms with Crippen LogP contribution in [-0.4, -0.2) is 58.4 Å². The lowest BCUT2D eigenvalue weighted by Crippen LogP contribution is -2.43. The van der Waals surface area contributed by atoms with Gasteiger partial charge >= 0.3 is 0 Å². The molecule has 1 atom stereocenters. The summed E-state index contributed by atoms with van der Waals surface area (Å²) < 4.78 is 0. The molecule has 0 spiro atoms. The maximum Gasteiger partial charge on any atom is 0.290 e. The summed E-state index contributed by atoms with van der Waals surface area (Å²) in [5.74, 6) is 0.175. The molecule has 0 fully saturated rings. The molecule has 1 aromatic heterocycles. The fourth-order valence-electron chi connectivity index (χ4n) is 2.15. The van der Waals surface area contributed by atoms with E-state index in [1.54, 1.807) is 6.20 Å². The number of carbonyl (C=O) groups is 2. The van der Waals surface area contributed by atoms with Gasteiger partial charge in [-0.05, 0) is 38.9 Å². The summed E-state index contributed by atoms with van der Waals surface area (Å²) in [6.07, 6.45) is 8.59. The van der Waals surface area contributed by atoms with Crippen molar-refractivity contribution in [3.63, 3.8) is 0 Å². The number of hydrogen-bond donors (Lipinski definition) is 1. The second-order valence-corrected chi connectivity index (χ2v) is 5.51. The average molecular weight is 335 g/mol. The number of carbonyl (C=O) groups excluding carboxylic acids is 1. The first-order valence-corrected chi connectivity index (χ1v) is 8.05. The van der Waals surface area contributed by atoms with Crippen molar-refractivity contribution in [1.82, 2.24) is 14.8 Å². The van der Waals surface area contributed by atoms with Crippen molar-refractivity contribution in [2.75, 3.05) is 20.1 Å². The lowest BCUT2D eigenvalue weighted by molar-refractivity contribution is -0.133. The Balaban J connectivity index is 0.00000163. The van der Waals surface area contributed by atoms with Crippen molar-refractivity contribution in [1.29, 1.82) is 0 Å². The fraction of sp³-hybridized carbons (Fsp3) is 0.500. The molecule has 0 saturated heterocycles. The van der Waals surface area contributed by atoms with E-state index in [1.165, 1.54) is 0 Å². The summed E-state index contributed by atoms with van der Waals surface area (Å²) in [6, 6.07) is 4.21. The van der Waals surface area contributed by atoms with Gasteiger partial charge in [0.25, 0.3) is 6.47 Å². The Labute approximate surface area is 144 Å². The number of aromatic nitrogens is 1. The van der Waals surface area contributed by atoms with Gasteiger partial charge in [-0.2, -0.15) is 0 Å². The smallest absolute Gasteiger partial charge is 0.290 e. The van der Waals surface area contributed by atoms with Gasteiger partial charge in [-0.25, -0.2) is 0 Å². The molecule has 134 valence electrons. The van der Waals surface area contributed by atoms with Gasteiger partial charge in [-0.1, -0.05) is 25.1 Å². The first kappa shape index (κ1) is 21.8. The van der Waals surface area contributed by atoms with Crippen molar-refractivity contribution in [3.05, 3.63) is 42.2 Å². The number of rotatable bonds is 8. The molecule has 1 rings (SSSR count). The molecule has 1 amide bonds. The number of likely N-dealkylation sites (N-methyl/N-ethyl adjacent to an activating group) is 1. The second-order valence-electron chi connectivity index (χ2n) is 5.51. The molecule has 0 aliphatic carbocycles. The molecule has 6 heteroatoms.